The average molecular weight is 355 g/mol. The van der Waals surface area contributed by atoms with Crippen LogP contribution in [0, 0.1) is 0 Å². The van der Waals surface area contributed by atoms with Crippen molar-refractivity contribution in [2.24, 2.45) is 0 Å². The van der Waals surface area contributed by atoms with Gasteiger partial charge in [-0.15, -0.1) is 0 Å². The van der Waals surface area contributed by atoms with Gasteiger partial charge in [0.1, 0.15) is 0 Å². The molecule has 3 N–H and O–H groups in total. The van der Waals surface area contributed by atoms with E-state index in [-0.39, 0.29) is 5.91 Å². The minimum Gasteiger partial charge on any atom is -0.473 e. The van der Waals surface area contributed by atoms with E-state index in [9.17, 15) is 4.79 Å². The van der Waals surface area contributed by atoms with Gasteiger partial charge >= 0.3 is 11.9 Å². The van der Waals surface area contributed by atoms with Gasteiger partial charge in [-0.25, -0.2) is 14.6 Å². The first kappa shape index (κ1) is 18.7. The van der Waals surface area contributed by atoms with Crippen LogP contribution in [0.4, 0.5) is 0 Å². The van der Waals surface area contributed by atoms with Crippen molar-refractivity contribution in [3.8, 4) is 0 Å². The summed E-state index contributed by atoms with van der Waals surface area (Å²) < 4.78 is 2.04. The number of carboxylic acid groups (broad SMARTS) is 2. The molecule has 0 aliphatic carbocycles. The number of rotatable bonds is 4. The number of para-hydroxylation sites is 2. The van der Waals surface area contributed by atoms with Gasteiger partial charge in [-0.1, -0.05) is 30.3 Å². The van der Waals surface area contributed by atoms with E-state index in [1.807, 2.05) is 59.2 Å². The van der Waals surface area contributed by atoms with E-state index in [0.717, 1.165) is 11.0 Å². The van der Waals surface area contributed by atoms with Crippen LogP contribution in [0.1, 0.15) is 10.4 Å². The first-order valence-electron chi connectivity index (χ1n) is 7.68. The summed E-state index contributed by atoms with van der Waals surface area (Å²) in [6.07, 6.45) is 1.80. The predicted octanol–water partition coefficient (Wildman–Crippen LogP) is 1.62. The van der Waals surface area contributed by atoms with Gasteiger partial charge in [-0.2, -0.15) is 0 Å². The monoisotopic (exact) mass is 355 g/mol. The number of hydrogen-bond acceptors (Lipinski definition) is 4. The van der Waals surface area contributed by atoms with Crippen molar-refractivity contribution in [2.75, 3.05) is 6.54 Å². The van der Waals surface area contributed by atoms with Gasteiger partial charge in [0.15, 0.2) is 0 Å². The Hall–Kier alpha value is -3.68. The van der Waals surface area contributed by atoms with Crippen molar-refractivity contribution in [1.29, 1.82) is 0 Å². The van der Waals surface area contributed by atoms with E-state index in [2.05, 4.69) is 10.3 Å². The second-order valence-electron chi connectivity index (χ2n) is 5.16. The number of nitrogens with zero attached hydrogens (tertiary/aromatic N) is 2. The predicted molar refractivity (Wildman–Crippen MR) is 93.8 cm³/mol. The standard InChI is InChI=1S/C16H15N3O.C2H2O4/c20-16(13-6-2-1-3-7-13)17-10-11-19-12-18-14-8-4-5-9-15(14)19;3-1(4)2(5)6/h1-9,12H,10-11H2,(H,17,20);(H,3,4)(H,5,6). The third-order valence-electron chi connectivity index (χ3n) is 3.38. The average Bonchev–Trinajstić information content (AvgIpc) is 3.06. The second kappa shape index (κ2) is 8.97. The van der Waals surface area contributed by atoms with Gasteiger partial charge in [0, 0.05) is 18.7 Å². The Morgan fingerprint density at radius 1 is 0.923 bits per heavy atom. The summed E-state index contributed by atoms with van der Waals surface area (Å²) in [5.74, 6) is -3.69. The molecule has 0 saturated carbocycles. The summed E-state index contributed by atoms with van der Waals surface area (Å²) in [4.78, 5) is 34.4. The smallest absolute Gasteiger partial charge is 0.414 e. The summed E-state index contributed by atoms with van der Waals surface area (Å²) in [6.45, 7) is 1.28. The molecular weight excluding hydrogens is 338 g/mol. The van der Waals surface area contributed by atoms with Crippen LogP contribution in [-0.4, -0.2) is 44.2 Å². The maximum Gasteiger partial charge on any atom is 0.414 e. The third kappa shape index (κ3) is 5.17. The van der Waals surface area contributed by atoms with Crippen molar-refractivity contribution < 1.29 is 24.6 Å². The molecule has 0 spiro atoms. The van der Waals surface area contributed by atoms with Gasteiger partial charge in [0.05, 0.1) is 17.4 Å². The van der Waals surface area contributed by atoms with Crippen molar-refractivity contribution >= 4 is 28.9 Å². The Morgan fingerprint density at radius 2 is 1.54 bits per heavy atom. The van der Waals surface area contributed by atoms with E-state index in [4.69, 9.17) is 19.8 Å². The fourth-order valence-corrected chi connectivity index (χ4v) is 2.17. The van der Waals surface area contributed by atoms with Crippen molar-refractivity contribution in [3.63, 3.8) is 0 Å². The topological polar surface area (TPSA) is 122 Å². The van der Waals surface area contributed by atoms with Gasteiger partial charge in [-0.3, -0.25) is 4.79 Å². The second-order valence-corrected chi connectivity index (χ2v) is 5.16. The first-order chi connectivity index (χ1) is 12.5. The molecule has 0 radical (unpaired) electrons. The van der Waals surface area contributed by atoms with Crippen LogP contribution in [0.15, 0.2) is 60.9 Å². The normalized spacial score (nSPS) is 9.85. The molecule has 1 aromatic heterocycles. The zero-order valence-electron chi connectivity index (χ0n) is 13.7. The lowest BCUT2D eigenvalue weighted by atomic mass is 10.2. The van der Waals surface area contributed by atoms with Crippen molar-refractivity contribution in [2.45, 2.75) is 6.54 Å². The van der Waals surface area contributed by atoms with E-state index < -0.39 is 11.9 Å². The van der Waals surface area contributed by atoms with Crippen LogP contribution < -0.4 is 5.32 Å². The molecule has 2 aromatic carbocycles. The molecular formula is C18H17N3O5. The number of amides is 1. The van der Waals surface area contributed by atoms with Crippen LogP contribution in [0.2, 0.25) is 0 Å². The molecule has 0 atom stereocenters. The Labute approximate surface area is 148 Å². The number of aromatic nitrogens is 2. The number of nitrogens with one attached hydrogen (secondary N) is 1. The Bertz CT molecular complexity index is 893. The number of hydrogen-bond donors (Lipinski definition) is 3. The molecule has 0 fully saturated rings. The summed E-state index contributed by atoms with van der Waals surface area (Å²) in [6, 6.07) is 17.2. The number of benzene rings is 2. The number of aliphatic carboxylic acids is 2. The molecule has 0 saturated heterocycles. The molecule has 26 heavy (non-hydrogen) atoms. The minimum absolute atomic E-state index is 0.0463. The first-order valence-corrected chi connectivity index (χ1v) is 7.68. The lowest BCUT2D eigenvalue weighted by molar-refractivity contribution is -0.159. The van der Waals surface area contributed by atoms with E-state index in [0.29, 0.717) is 18.7 Å². The summed E-state index contributed by atoms with van der Waals surface area (Å²) in [7, 11) is 0. The fraction of sp³-hybridized carbons (Fsp3) is 0.111. The van der Waals surface area contributed by atoms with Crippen LogP contribution in [-0.2, 0) is 16.1 Å². The molecule has 0 unspecified atom stereocenters. The molecule has 1 heterocycles. The number of carbonyl (C=O) groups is 3. The molecule has 134 valence electrons. The van der Waals surface area contributed by atoms with Crippen LogP contribution in [0.5, 0.6) is 0 Å². The highest BCUT2D eigenvalue weighted by molar-refractivity contribution is 6.27. The van der Waals surface area contributed by atoms with E-state index in [1.165, 1.54) is 0 Å². The largest absolute Gasteiger partial charge is 0.473 e. The van der Waals surface area contributed by atoms with E-state index >= 15 is 0 Å². The summed E-state index contributed by atoms with van der Waals surface area (Å²) in [5.41, 5.74) is 2.74. The van der Waals surface area contributed by atoms with Crippen LogP contribution in [0.25, 0.3) is 11.0 Å². The number of carboxylic acids is 2. The lowest BCUT2D eigenvalue weighted by Crippen LogP contribution is -2.26. The molecule has 8 heteroatoms. The summed E-state index contributed by atoms with van der Waals surface area (Å²) in [5, 5.41) is 17.7. The molecule has 1 amide bonds. The van der Waals surface area contributed by atoms with Crippen molar-refractivity contribution in [1.82, 2.24) is 14.9 Å². The van der Waals surface area contributed by atoms with Crippen molar-refractivity contribution in [3.05, 3.63) is 66.5 Å². The highest BCUT2D eigenvalue weighted by Crippen LogP contribution is 2.11. The number of imidazole rings is 1. The Kier molecular flexibility index (Phi) is 6.44. The van der Waals surface area contributed by atoms with Crippen LogP contribution in [0.3, 0.4) is 0 Å². The number of carbonyl (C=O) groups excluding carboxylic acids is 1. The minimum atomic E-state index is -1.82. The highest BCUT2D eigenvalue weighted by atomic mass is 16.4. The molecule has 3 rings (SSSR count). The maximum absolute atomic E-state index is 11.9. The Morgan fingerprint density at radius 3 is 2.19 bits per heavy atom. The van der Waals surface area contributed by atoms with E-state index in [1.54, 1.807) is 6.33 Å². The van der Waals surface area contributed by atoms with Crippen LogP contribution >= 0.6 is 0 Å². The Balaban J connectivity index is 0.000000352. The molecule has 0 bridgehead atoms. The quantitative estimate of drug-likeness (QED) is 0.612. The zero-order valence-corrected chi connectivity index (χ0v) is 13.7. The van der Waals surface area contributed by atoms with Gasteiger partial charge in [0.25, 0.3) is 5.91 Å². The third-order valence-corrected chi connectivity index (χ3v) is 3.38. The zero-order chi connectivity index (χ0) is 18.9. The number of fused-ring (bicyclic) bond motifs is 1. The van der Waals surface area contributed by atoms with Gasteiger partial charge in [0.2, 0.25) is 0 Å². The van der Waals surface area contributed by atoms with Gasteiger partial charge in [-0.05, 0) is 24.3 Å². The molecule has 8 nitrogen and oxygen atoms in total. The SMILES string of the molecule is O=C(NCCn1cnc2ccccc21)c1ccccc1.O=C(O)C(=O)O. The van der Waals surface area contributed by atoms with Gasteiger partial charge < -0.3 is 20.1 Å². The molecule has 3 aromatic rings. The maximum atomic E-state index is 11.9. The highest BCUT2D eigenvalue weighted by Gasteiger charge is 2.05. The summed E-state index contributed by atoms with van der Waals surface area (Å²) >= 11 is 0. The lowest BCUT2D eigenvalue weighted by Gasteiger charge is -2.06. The molecule has 0 aliphatic rings. The molecule has 0 aliphatic heterocycles. The fourth-order valence-electron chi connectivity index (χ4n) is 2.17.